The van der Waals surface area contributed by atoms with E-state index in [4.69, 9.17) is 16.3 Å². The minimum Gasteiger partial charge on any atom is -0.490 e. The van der Waals surface area contributed by atoms with E-state index in [1.165, 1.54) is 4.31 Å². The van der Waals surface area contributed by atoms with Gasteiger partial charge in [-0.3, -0.25) is 4.90 Å². The number of hydrogen-bond donors (Lipinski definition) is 1. The van der Waals surface area contributed by atoms with E-state index in [0.29, 0.717) is 37.1 Å². The van der Waals surface area contributed by atoms with Crippen LogP contribution in [0.2, 0.25) is 4.34 Å². The molecule has 1 fully saturated rings. The molecule has 9 heteroatoms. The Bertz CT molecular complexity index is 888. The van der Waals surface area contributed by atoms with E-state index in [9.17, 15) is 13.5 Å². The maximum Gasteiger partial charge on any atom is 0.252 e. The third-order valence-electron chi connectivity index (χ3n) is 4.77. The van der Waals surface area contributed by atoms with E-state index in [0.717, 1.165) is 28.2 Å². The summed E-state index contributed by atoms with van der Waals surface area (Å²) in [5, 5.41) is 10.3. The first-order chi connectivity index (χ1) is 13.3. The lowest BCUT2D eigenvalue weighted by molar-refractivity contribution is 0.0565. The average Bonchev–Trinajstić information content (AvgIpc) is 3.09. The first-order valence-electron chi connectivity index (χ1n) is 9.12. The van der Waals surface area contributed by atoms with Gasteiger partial charge in [-0.15, -0.1) is 11.3 Å². The fraction of sp³-hybridized carbons (Fsp3) is 0.474. The molecule has 1 unspecified atom stereocenters. The predicted octanol–water partition coefficient (Wildman–Crippen LogP) is 2.76. The van der Waals surface area contributed by atoms with Crippen molar-refractivity contribution in [2.75, 3.05) is 39.3 Å². The number of benzene rings is 1. The van der Waals surface area contributed by atoms with Gasteiger partial charge in [-0.25, -0.2) is 8.42 Å². The van der Waals surface area contributed by atoms with Crippen molar-refractivity contribution in [2.24, 2.45) is 0 Å². The maximum absolute atomic E-state index is 12.6. The fourth-order valence-electron chi connectivity index (χ4n) is 3.27. The Balaban J connectivity index is 1.49. The fourth-order valence-corrected chi connectivity index (χ4v) is 6.33. The molecular formula is C19H25ClN2O4S2. The smallest absolute Gasteiger partial charge is 0.252 e. The molecule has 0 saturated carbocycles. The Morgan fingerprint density at radius 3 is 2.36 bits per heavy atom. The van der Waals surface area contributed by atoms with Crippen LogP contribution in [0, 0.1) is 13.8 Å². The van der Waals surface area contributed by atoms with Crippen LogP contribution < -0.4 is 4.74 Å². The summed E-state index contributed by atoms with van der Waals surface area (Å²) in [4.78, 5) is 2.06. The molecule has 0 radical (unpaired) electrons. The van der Waals surface area contributed by atoms with E-state index < -0.39 is 16.1 Å². The highest BCUT2D eigenvalue weighted by Crippen LogP contribution is 2.28. The number of aryl methyl sites for hydroxylation is 2. The summed E-state index contributed by atoms with van der Waals surface area (Å²) in [5.41, 5.74) is 2.08. The zero-order chi connectivity index (χ0) is 20.3. The monoisotopic (exact) mass is 444 g/mol. The van der Waals surface area contributed by atoms with Crippen molar-refractivity contribution in [1.82, 2.24) is 9.21 Å². The Hall–Kier alpha value is -1.16. The van der Waals surface area contributed by atoms with Crippen molar-refractivity contribution in [3.8, 4) is 5.75 Å². The number of halogens is 1. The first kappa shape index (κ1) is 21.5. The third-order valence-corrected chi connectivity index (χ3v) is 8.37. The lowest BCUT2D eigenvalue weighted by Gasteiger charge is -2.34. The van der Waals surface area contributed by atoms with Gasteiger partial charge >= 0.3 is 0 Å². The minimum absolute atomic E-state index is 0.206. The van der Waals surface area contributed by atoms with Gasteiger partial charge in [-0.05, 0) is 37.1 Å². The summed E-state index contributed by atoms with van der Waals surface area (Å²) in [5.74, 6) is 0.812. The predicted molar refractivity (Wildman–Crippen MR) is 112 cm³/mol. The molecule has 154 valence electrons. The van der Waals surface area contributed by atoms with Crippen LogP contribution in [-0.2, 0) is 10.0 Å². The molecule has 28 heavy (non-hydrogen) atoms. The highest BCUT2D eigenvalue weighted by Gasteiger charge is 2.30. The Labute approximate surface area is 175 Å². The summed E-state index contributed by atoms with van der Waals surface area (Å²) in [6.45, 7) is 6.54. The topological polar surface area (TPSA) is 70.1 Å². The van der Waals surface area contributed by atoms with Crippen LogP contribution >= 0.6 is 22.9 Å². The molecule has 1 N–H and O–H groups in total. The SMILES string of the molecule is Cc1cccc(C)c1OCC(O)CN1CCN(S(=O)(=O)c2ccc(Cl)s2)CC1. The summed E-state index contributed by atoms with van der Waals surface area (Å²) < 4.78 is 33.3. The molecule has 3 rings (SSSR count). The van der Waals surface area contributed by atoms with Crippen molar-refractivity contribution in [2.45, 2.75) is 24.2 Å². The normalized spacial score (nSPS) is 17.6. The number of aliphatic hydroxyl groups excluding tert-OH is 1. The van der Waals surface area contributed by atoms with Gasteiger partial charge in [0.15, 0.2) is 0 Å². The van der Waals surface area contributed by atoms with Crippen molar-refractivity contribution >= 4 is 33.0 Å². The number of hydrogen-bond acceptors (Lipinski definition) is 6. The van der Waals surface area contributed by atoms with Gasteiger partial charge < -0.3 is 9.84 Å². The lowest BCUT2D eigenvalue weighted by Crippen LogP contribution is -2.50. The van der Waals surface area contributed by atoms with Gasteiger partial charge in [0.1, 0.15) is 22.7 Å². The van der Waals surface area contributed by atoms with Crippen LogP contribution in [0.3, 0.4) is 0 Å². The number of β-amino-alcohol motifs (C(OH)–C–C–N with tert-alkyl or cyclic N) is 1. The third kappa shape index (κ3) is 5.06. The molecule has 2 aromatic rings. The Kier molecular flexibility index (Phi) is 7.01. The molecule has 1 atom stereocenters. The highest BCUT2D eigenvalue weighted by atomic mass is 35.5. The summed E-state index contributed by atoms with van der Waals surface area (Å²) in [7, 11) is -3.50. The average molecular weight is 445 g/mol. The maximum atomic E-state index is 12.6. The van der Waals surface area contributed by atoms with Gasteiger partial charge in [0, 0.05) is 32.7 Å². The number of thiophene rings is 1. The second-order valence-electron chi connectivity index (χ2n) is 6.95. The lowest BCUT2D eigenvalue weighted by atomic mass is 10.1. The highest BCUT2D eigenvalue weighted by molar-refractivity contribution is 7.91. The van der Waals surface area contributed by atoms with Crippen LogP contribution in [0.25, 0.3) is 0 Å². The Morgan fingerprint density at radius 1 is 1.14 bits per heavy atom. The molecule has 0 spiro atoms. The molecule has 1 aliphatic rings. The molecule has 0 amide bonds. The van der Waals surface area contributed by atoms with E-state index in [1.54, 1.807) is 12.1 Å². The first-order valence-corrected chi connectivity index (χ1v) is 11.8. The van der Waals surface area contributed by atoms with E-state index in [-0.39, 0.29) is 10.8 Å². The number of para-hydroxylation sites is 1. The molecule has 1 aliphatic heterocycles. The molecule has 1 saturated heterocycles. The van der Waals surface area contributed by atoms with Crippen molar-refractivity contribution in [3.05, 3.63) is 45.8 Å². The minimum atomic E-state index is -3.50. The van der Waals surface area contributed by atoms with Crippen LogP contribution in [-0.4, -0.2) is 68.2 Å². The van der Waals surface area contributed by atoms with Crippen molar-refractivity contribution in [3.63, 3.8) is 0 Å². The number of rotatable bonds is 7. The number of sulfonamides is 1. The zero-order valence-electron chi connectivity index (χ0n) is 16.0. The molecule has 6 nitrogen and oxygen atoms in total. The van der Waals surface area contributed by atoms with Gasteiger partial charge in [0.2, 0.25) is 0 Å². The molecule has 0 bridgehead atoms. The van der Waals surface area contributed by atoms with Crippen molar-refractivity contribution < 1.29 is 18.3 Å². The van der Waals surface area contributed by atoms with Gasteiger partial charge in [-0.1, -0.05) is 29.8 Å². The van der Waals surface area contributed by atoms with Crippen LogP contribution in [0.1, 0.15) is 11.1 Å². The number of ether oxygens (including phenoxy) is 1. The van der Waals surface area contributed by atoms with Crippen molar-refractivity contribution in [1.29, 1.82) is 0 Å². The number of nitrogens with zero attached hydrogens (tertiary/aromatic N) is 2. The van der Waals surface area contributed by atoms with E-state index in [2.05, 4.69) is 4.90 Å². The van der Waals surface area contributed by atoms with Gasteiger partial charge in [-0.2, -0.15) is 4.31 Å². The van der Waals surface area contributed by atoms with E-state index >= 15 is 0 Å². The van der Waals surface area contributed by atoms with E-state index in [1.807, 2.05) is 32.0 Å². The van der Waals surface area contributed by atoms with Gasteiger partial charge in [0.25, 0.3) is 10.0 Å². The summed E-state index contributed by atoms with van der Waals surface area (Å²) in [6, 6.07) is 9.08. The Morgan fingerprint density at radius 2 is 1.79 bits per heavy atom. The molecule has 2 heterocycles. The molecule has 1 aromatic heterocycles. The van der Waals surface area contributed by atoms with Gasteiger partial charge in [0.05, 0.1) is 4.34 Å². The second kappa shape index (κ2) is 9.11. The van der Waals surface area contributed by atoms with Crippen LogP contribution in [0.4, 0.5) is 0 Å². The summed E-state index contributed by atoms with van der Waals surface area (Å²) in [6.07, 6.45) is -0.640. The van der Waals surface area contributed by atoms with Crippen LogP contribution in [0.15, 0.2) is 34.5 Å². The second-order valence-corrected chi connectivity index (χ2v) is 10.8. The molecular weight excluding hydrogens is 420 g/mol. The zero-order valence-corrected chi connectivity index (χ0v) is 18.4. The quantitative estimate of drug-likeness (QED) is 0.711. The molecule has 0 aliphatic carbocycles. The molecule has 1 aromatic carbocycles. The van der Waals surface area contributed by atoms with Crippen LogP contribution in [0.5, 0.6) is 5.75 Å². The largest absolute Gasteiger partial charge is 0.490 e. The number of piperazine rings is 1. The summed E-state index contributed by atoms with van der Waals surface area (Å²) >= 11 is 6.94. The standard InChI is InChI=1S/C19H25ClN2O4S2/c1-14-4-3-5-15(2)19(14)26-13-16(23)12-21-8-10-22(11-9-21)28(24,25)18-7-6-17(20)27-18/h3-7,16,23H,8-13H2,1-2H3. The number of aliphatic hydroxyl groups is 1.